The van der Waals surface area contributed by atoms with Crippen molar-refractivity contribution in [2.75, 3.05) is 0 Å². The number of halogens is 1. The molecule has 0 aliphatic heterocycles. The first-order valence-corrected chi connectivity index (χ1v) is 3.67. The van der Waals surface area contributed by atoms with Crippen molar-refractivity contribution in [3.63, 3.8) is 0 Å². The maximum absolute atomic E-state index is 11.3. The smallest absolute Gasteiger partial charge is 0.180 e. The highest BCUT2D eigenvalue weighted by molar-refractivity contribution is 6.04. The van der Waals surface area contributed by atoms with E-state index in [-0.39, 0.29) is 24.2 Å². The Kier molecular flexibility index (Phi) is 2.50. The molecule has 0 amide bonds. The van der Waals surface area contributed by atoms with Gasteiger partial charge in [-0.3, -0.25) is 4.79 Å². The Morgan fingerprint density at radius 3 is 2.67 bits per heavy atom. The first-order valence-electron chi connectivity index (χ1n) is 3.67. The Balaban J connectivity index is 0.000000720. The Hall–Kier alpha value is -0.860. The summed E-state index contributed by atoms with van der Waals surface area (Å²) in [6.07, 6.45) is 0.703. The fraction of sp³-hybridized carbons (Fsp3) is 0.222. The van der Waals surface area contributed by atoms with Gasteiger partial charge in [-0.2, -0.15) is 0 Å². The van der Waals surface area contributed by atoms with E-state index in [4.69, 9.17) is 5.73 Å². The van der Waals surface area contributed by atoms with Gasteiger partial charge in [-0.05, 0) is 12.0 Å². The summed E-state index contributed by atoms with van der Waals surface area (Å²) in [5.41, 5.74) is 7.47. The molecular formula is C9H10ClNO. The van der Waals surface area contributed by atoms with Crippen molar-refractivity contribution in [3.8, 4) is 0 Å². The lowest BCUT2D eigenvalue weighted by Crippen LogP contribution is -2.26. The van der Waals surface area contributed by atoms with Gasteiger partial charge >= 0.3 is 0 Å². The number of benzene rings is 1. The molecule has 0 saturated heterocycles. The second kappa shape index (κ2) is 3.25. The Morgan fingerprint density at radius 2 is 2.00 bits per heavy atom. The van der Waals surface area contributed by atoms with Crippen molar-refractivity contribution in [1.82, 2.24) is 0 Å². The topological polar surface area (TPSA) is 43.1 Å². The van der Waals surface area contributed by atoms with E-state index in [1.54, 1.807) is 0 Å². The zero-order valence-corrected chi connectivity index (χ0v) is 7.30. The van der Waals surface area contributed by atoms with E-state index < -0.39 is 0 Å². The van der Waals surface area contributed by atoms with E-state index in [0.29, 0.717) is 6.42 Å². The second-order valence-electron chi connectivity index (χ2n) is 2.83. The van der Waals surface area contributed by atoms with Gasteiger partial charge in [-0.1, -0.05) is 24.3 Å². The van der Waals surface area contributed by atoms with Gasteiger partial charge in [0.25, 0.3) is 0 Å². The van der Waals surface area contributed by atoms with Crippen molar-refractivity contribution >= 4 is 18.2 Å². The number of nitrogens with two attached hydrogens (primary N) is 1. The molecule has 1 aromatic carbocycles. The minimum absolute atomic E-state index is 0. The van der Waals surface area contributed by atoms with Crippen molar-refractivity contribution in [2.45, 2.75) is 12.5 Å². The normalized spacial score (nSPS) is 20.1. The van der Waals surface area contributed by atoms with Crippen molar-refractivity contribution in [2.24, 2.45) is 5.73 Å². The summed E-state index contributed by atoms with van der Waals surface area (Å²) < 4.78 is 0. The third kappa shape index (κ3) is 1.24. The third-order valence-corrected chi connectivity index (χ3v) is 2.06. The van der Waals surface area contributed by atoms with E-state index in [9.17, 15) is 4.79 Å². The van der Waals surface area contributed by atoms with Crippen molar-refractivity contribution < 1.29 is 4.79 Å². The molecule has 1 aliphatic carbocycles. The average Bonchev–Trinajstić information content (AvgIpc) is 2.30. The monoisotopic (exact) mass is 183 g/mol. The number of ketones is 1. The van der Waals surface area contributed by atoms with E-state index >= 15 is 0 Å². The van der Waals surface area contributed by atoms with E-state index in [1.807, 2.05) is 24.3 Å². The van der Waals surface area contributed by atoms with Gasteiger partial charge in [-0.15, -0.1) is 12.4 Å². The van der Waals surface area contributed by atoms with E-state index in [1.165, 1.54) is 0 Å². The number of rotatable bonds is 0. The minimum Gasteiger partial charge on any atom is -0.321 e. The van der Waals surface area contributed by atoms with Crippen LogP contribution in [0.25, 0.3) is 0 Å². The van der Waals surface area contributed by atoms with Crippen LogP contribution in [0.3, 0.4) is 0 Å². The van der Waals surface area contributed by atoms with E-state index in [2.05, 4.69) is 0 Å². The molecule has 0 aromatic heterocycles. The molecule has 0 fully saturated rings. The van der Waals surface area contributed by atoms with Crippen LogP contribution in [0.5, 0.6) is 0 Å². The number of carbonyl (C=O) groups excluding carboxylic acids is 1. The number of hydrogen-bond donors (Lipinski definition) is 1. The maximum atomic E-state index is 11.3. The van der Waals surface area contributed by atoms with Crippen LogP contribution in [0.1, 0.15) is 15.9 Å². The molecule has 0 spiro atoms. The van der Waals surface area contributed by atoms with Crippen molar-refractivity contribution in [3.05, 3.63) is 35.4 Å². The average molecular weight is 184 g/mol. The lowest BCUT2D eigenvalue weighted by Gasteiger charge is -1.94. The molecular weight excluding hydrogens is 174 g/mol. The number of hydrogen-bond acceptors (Lipinski definition) is 2. The molecule has 2 nitrogen and oxygen atoms in total. The molecule has 64 valence electrons. The molecule has 0 heterocycles. The van der Waals surface area contributed by atoms with Crippen LogP contribution in [-0.4, -0.2) is 11.8 Å². The predicted octanol–water partition coefficient (Wildman–Crippen LogP) is 1.17. The highest BCUT2D eigenvalue weighted by atomic mass is 35.5. The maximum Gasteiger partial charge on any atom is 0.180 e. The fourth-order valence-corrected chi connectivity index (χ4v) is 1.47. The quantitative estimate of drug-likeness (QED) is 0.656. The summed E-state index contributed by atoms with van der Waals surface area (Å²) in [5.74, 6) is 0.0839. The van der Waals surface area contributed by atoms with Crippen LogP contribution in [0.15, 0.2) is 24.3 Å². The first kappa shape index (κ1) is 9.23. The summed E-state index contributed by atoms with van der Waals surface area (Å²) in [5, 5.41) is 0. The standard InChI is InChI=1S/C9H9NO.ClH/c10-8-5-6-3-1-2-4-7(6)9(8)11;/h1-4,8H,5,10H2;1H. The molecule has 2 rings (SSSR count). The van der Waals surface area contributed by atoms with Gasteiger partial charge < -0.3 is 5.73 Å². The van der Waals surface area contributed by atoms with Gasteiger partial charge in [0.1, 0.15) is 0 Å². The molecule has 0 bridgehead atoms. The van der Waals surface area contributed by atoms with Crippen LogP contribution in [0, 0.1) is 0 Å². The zero-order valence-electron chi connectivity index (χ0n) is 6.49. The predicted molar refractivity (Wildman–Crippen MR) is 49.7 cm³/mol. The summed E-state index contributed by atoms with van der Waals surface area (Å²) >= 11 is 0. The molecule has 1 aliphatic rings. The molecule has 1 unspecified atom stereocenters. The lowest BCUT2D eigenvalue weighted by molar-refractivity contribution is 0.0974. The Morgan fingerprint density at radius 1 is 1.33 bits per heavy atom. The second-order valence-corrected chi connectivity index (χ2v) is 2.83. The largest absolute Gasteiger partial charge is 0.321 e. The van der Waals surface area contributed by atoms with Crippen LogP contribution in [0.4, 0.5) is 0 Å². The lowest BCUT2D eigenvalue weighted by atomic mass is 10.1. The number of fused-ring (bicyclic) bond motifs is 1. The number of carbonyl (C=O) groups is 1. The van der Waals surface area contributed by atoms with Gasteiger partial charge in [-0.25, -0.2) is 0 Å². The molecule has 1 atom stereocenters. The molecule has 1 aromatic rings. The zero-order chi connectivity index (χ0) is 7.84. The first-order chi connectivity index (χ1) is 5.29. The highest BCUT2D eigenvalue weighted by Gasteiger charge is 2.26. The Labute approximate surface area is 77.2 Å². The van der Waals surface area contributed by atoms with Gasteiger partial charge in [0.2, 0.25) is 0 Å². The van der Waals surface area contributed by atoms with Gasteiger partial charge in [0, 0.05) is 5.56 Å². The molecule has 12 heavy (non-hydrogen) atoms. The Bertz CT molecular complexity index is 311. The van der Waals surface area contributed by atoms with Gasteiger partial charge in [0.15, 0.2) is 5.78 Å². The minimum atomic E-state index is -0.299. The number of Topliss-reactive ketones (excluding diaryl/α,β-unsaturated/α-hetero) is 1. The van der Waals surface area contributed by atoms with Crippen LogP contribution < -0.4 is 5.73 Å². The highest BCUT2D eigenvalue weighted by Crippen LogP contribution is 2.19. The summed E-state index contributed by atoms with van der Waals surface area (Å²) in [4.78, 5) is 11.3. The summed E-state index contributed by atoms with van der Waals surface area (Å²) in [6, 6.07) is 7.30. The molecule has 2 N–H and O–H groups in total. The van der Waals surface area contributed by atoms with Crippen molar-refractivity contribution in [1.29, 1.82) is 0 Å². The van der Waals surface area contributed by atoms with Crippen LogP contribution >= 0.6 is 12.4 Å². The summed E-state index contributed by atoms with van der Waals surface area (Å²) in [6.45, 7) is 0. The van der Waals surface area contributed by atoms with Crippen LogP contribution in [-0.2, 0) is 6.42 Å². The molecule has 3 heteroatoms. The van der Waals surface area contributed by atoms with Crippen LogP contribution in [0.2, 0.25) is 0 Å². The SMILES string of the molecule is Cl.NC1Cc2ccccc2C1=O. The van der Waals surface area contributed by atoms with Gasteiger partial charge in [0.05, 0.1) is 6.04 Å². The fourth-order valence-electron chi connectivity index (χ4n) is 1.47. The van der Waals surface area contributed by atoms with E-state index in [0.717, 1.165) is 11.1 Å². The molecule has 0 saturated carbocycles. The molecule has 0 radical (unpaired) electrons. The third-order valence-electron chi connectivity index (χ3n) is 2.06. The summed E-state index contributed by atoms with van der Waals surface area (Å²) in [7, 11) is 0.